The molecule has 0 aliphatic rings. The van der Waals surface area contributed by atoms with Crippen LogP contribution in [-0.2, 0) is 0 Å². The van der Waals surface area contributed by atoms with Gasteiger partial charge in [-0.3, -0.25) is 9.59 Å². The normalized spacial score (nSPS) is 11.4. The summed E-state index contributed by atoms with van der Waals surface area (Å²) in [5.41, 5.74) is 0.273. The predicted molar refractivity (Wildman–Crippen MR) is 111 cm³/mol. The lowest BCUT2D eigenvalue weighted by Crippen LogP contribution is -2.59. The molecule has 0 saturated carbocycles. The largest absolute Gasteiger partial charge is 0.347 e. The van der Waals surface area contributed by atoms with E-state index in [0.717, 1.165) is 77.5 Å². The molecule has 0 aromatic carbocycles. The molecule has 0 aliphatic carbocycles. The molecule has 0 aromatic rings. The number of carbonyl (C=O) groups is 2. The van der Waals surface area contributed by atoms with Crippen molar-refractivity contribution in [2.45, 2.75) is 92.2 Å². The molecule has 5 heteroatoms. The van der Waals surface area contributed by atoms with Crippen LogP contribution in [0.1, 0.15) is 79.1 Å². The van der Waals surface area contributed by atoms with E-state index in [1.807, 2.05) is 22.9 Å². The van der Waals surface area contributed by atoms with E-state index < -0.39 is 8.07 Å². The standard InChI is InChI=1S/C20H42N2O2Si/c1-7-11-15-21(16-12-8-2)19(23)25(5,6)20(24)22(17-13-9-3)18-14-10-4/h7-18H2,1-6H3. The molecule has 0 aromatic heterocycles. The van der Waals surface area contributed by atoms with E-state index >= 15 is 0 Å². The summed E-state index contributed by atoms with van der Waals surface area (Å²) in [7, 11) is -2.66. The molecule has 0 unspecified atom stereocenters. The van der Waals surface area contributed by atoms with Crippen molar-refractivity contribution < 1.29 is 9.59 Å². The van der Waals surface area contributed by atoms with Crippen LogP contribution in [-0.4, -0.2) is 55.1 Å². The summed E-state index contributed by atoms with van der Waals surface area (Å²) in [6, 6.07) is 0. The highest BCUT2D eigenvalue weighted by Gasteiger charge is 2.44. The molecule has 0 N–H and O–H groups in total. The molecular formula is C20H42N2O2Si. The first-order valence-corrected chi connectivity index (χ1v) is 13.4. The Hall–Kier alpha value is -0.843. The second-order valence-electron chi connectivity index (χ2n) is 7.62. The Kier molecular flexibility index (Phi) is 12.9. The van der Waals surface area contributed by atoms with Crippen molar-refractivity contribution in [1.82, 2.24) is 9.80 Å². The third kappa shape index (κ3) is 8.39. The van der Waals surface area contributed by atoms with Crippen LogP contribution < -0.4 is 0 Å². The van der Waals surface area contributed by atoms with E-state index in [1.165, 1.54) is 0 Å². The van der Waals surface area contributed by atoms with Crippen LogP contribution in [0.5, 0.6) is 0 Å². The fourth-order valence-corrected chi connectivity index (χ4v) is 5.12. The van der Waals surface area contributed by atoms with Crippen molar-refractivity contribution in [3.05, 3.63) is 0 Å². The highest BCUT2D eigenvalue weighted by Crippen LogP contribution is 2.17. The molecule has 0 spiro atoms. The lowest BCUT2D eigenvalue weighted by molar-refractivity contribution is 0.209. The molecule has 0 radical (unpaired) electrons. The molecule has 0 aliphatic heterocycles. The molecule has 0 atom stereocenters. The lowest BCUT2D eigenvalue weighted by atomic mass is 10.3. The molecule has 148 valence electrons. The van der Waals surface area contributed by atoms with Gasteiger partial charge in [0.25, 0.3) is 8.07 Å². The average molecular weight is 371 g/mol. The van der Waals surface area contributed by atoms with Crippen molar-refractivity contribution in [3.63, 3.8) is 0 Å². The molecule has 0 fully saturated rings. The molecule has 0 heterocycles. The number of amides is 2. The minimum Gasteiger partial charge on any atom is -0.347 e. The van der Waals surface area contributed by atoms with Crippen molar-refractivity contribution in [1.29, 1.82) is 0 Å². The van der Waals surface area contributed by atoms with Crippen LogP contribution in [0.4, 0.5) is 9.59 Å². The minimum atomic E-state index is -2.66. The predicted octanol–water partition coefficient (Wildman–Crippen LogP) is 5.90. The molecule has 25 heavy (non-hydrogen) atoms. The monoisotopic (exact) mass is 370 g/mol. The summed E-state index contributed by atoms with van der Waals surface area (Å²) in [5.74, 6) is 0. The van der Waals surface area contributed by atoms with E-state index in [2.05, 4.69) is 27.7 Å². The summed E-state index contributed by atoms with van der Waals surface area (Å²) < 4.78 is 0. The first-order chi connectivity index (χ1) is 11.9. The van der Waals surface area contributed by atoms with Crippen LogP contribution >= 0.6 is 0 Å². The smallest absolute Gasteiger partial charge is 0.256 e. The van der Waals surface area contributed by atoms with Crippen LogP contribution in [0.25, 0.3) is 0 Å². The third-order valence-corrected chi connectivity index (χ3v) is 7.54. The fraction of sp³-hybridized carbons (Fsp3) is 0.900. The van der Waals surface area contributed by atoms with E-state index in [0.29, 0.717) is 0 Å². The van der Waals surface area contributed by atoms with Gasteiger partial charge in [0.1, 0.15) is 0 Å². The van der Waals surface area contributed by atoms with Crippen molar-refractivity contribution in [2.24, 2.45) is 0 Å². The SMILES string of the molecule is CCCCN(CCCC)C(=O)[Si](C)(C)C(=O)N(CCCC)CCCC. The maximum atomic E-state index is 13.2. The van der Waals surface area contributed by atoms with Gasteiger partial charge in [-0.1, -0.05) is 66.5 Å². The zero-order chi connectivity index (χ0) is 19.3. The van der Waals surface area contributed by atoms with Gasteiger partial charge in [0.2, 0.25) is 11.1 Å². The number of rotatable bonds is 14. The first kappa shape index (κ1) is 24.2. The number of hydrogen-bond donors (Lipinski definition) is 0. The van der Waals surface area contributed by atoms with Gasteiger partial charge in [-0.2, -0.15) is 0 Å². The molecule has 0 bridgehead atoms. The van der Waals surface area contributed by atoms with Crippen LogP contribution in [0.3, 0.4) is 0 Å². The van der Waals surface area contributed by atoms with E-state index in [9.17, 15) is 9.59 Å². The Morgan fingerprint density at radius 3 is 1.04 bits per heavy atom. The summed E-state index contributed by atoms with van der Waals surface area (Å²) in [6.45, 7) is 15.7. The third-order valence-electron chi connectivity index (χ3n) is 4.77. The summed E-state index contributed by atoms with van der Waals surface area (Å²) in [4.78, 5) is 30.4. The Bertz CT molecular complexity index is 336. The lowest BCUT2D eigenvalue weighted by Gasteiger charge is -2.34. The van der Waals surface area contributed by atoms with E-state index in [4.69, 9.17) is 0 Å². The number of nitrogens with zero attached hydrogens (tertiary/aromatic N) is 2. The minimum absolute atomic E-state index is 0.136. The van der Waals surface area contributed by atoms with Gasteiger partial charge >= 0.3 is 0 Å². The van der Waals surface area contributed by atoms with Gasteiger partial charge in [-0.05, 0) is 25.7 Å². The Morgan fingerprint density at radius 1 is 0.600 bits per heavy atom. The van der Waals surface area contributed by atoms with E-state index in [-0.39, 0.29) is 11.1 Å². The topological polar surface area (TPSA) is 40.6 Å². The maximum absolute atomic E-state index is 13.2. The highest BCUT2D eigenvalue weighted by atomic mass is 28.3. The summed E-state index contributed by atoms with van der Waals surface area (Å²) >= 11 is 0. The fourth-order valence-electron chi connectivity index (χ4n) is 2.91. The van der Waals surface area contributed by atoms with Crippen LogP contribution in [0.15, 0.2) is 0 Å². The number of carbonyl (C=O) groups excluding carboxylic acids is 2. The molecule has 2 amide bonds. The number of unbranched alkanes of at least 4 members (excludes halogenated alkanes) is 4. The second-order valence-corrected chi connectivity index (χ2v) is 11.7. The molecule has 0 rings (SSSR count). The zero-order valence-corrected chi connectivity index (χ0v) is 18.7. The van der Waals surface area contributed by atoms with Crippen molar-refractivity contribution in [3.8, 4) is 0 Å². The Labute approximate surface area is 157 Å². The average Bonchev–Trinajstić information content (AvgIpc) is 2.61. The van der Waals surface area contributed by atoms with Crippen molar-refractivity contribution in [2.75, 3.05) is 26.2 Å². The molecule has 0 saturated heterocycles. The van der Waals surface area contributed by atoms with Gasteiger partial charge in [-0.25, -0.2) is 0 Å². The van der Waals surface area contributed by atoms with Gasteiger partial charge < -0.3 is 9.80 Å². The van der Waals surface area contributed by atoms with Gasteiger partial charge in [0.05, 0.1) is 0 Å². The first-order valence-electron chi connectivity index (χ1n) is 10.4. The quantitative estimate of drug-likeness (QED) is 0.357. The Balaban J connectivity index is 5.18. The second kappa shape index (κ2) is 13.4. The number of hydrogen-bond acceptors (Lipinski definition) is 2. The molecule has 4 nitrogen and oxygen atoms in total. The molecular weight excluding hydrogens is 328 g/mol. The van der Waals surface area contributed by atoms with E-state index in [1.54, 1.807) is 0 Å². The highest BCUT2D eigenvalue weighted by molar-refractivity contribution is 7.23. The maximum Gasteiger partial charge on any atom is 0.256 e. The summed E-state index contributed by atoms with van der Waals surface area (Å²) in [5, 5.41) is 0. The van der Waals surface area contributed by atoms with Crippen LogP contribution in [0.2, 0.25) is 13.1 Å². The summed E-state index contributed by atoms with van der Waals surface area (Å²) in [6.07, 6.45) is 8.37. The van der Waals surface area contributed by atoms with Gasteiger partial charge in [-0.15, -0.1) is 0 Å². The van der Waals surface area contributed by atoms with Gasteiger partial charge in [0.15, 0.2) is 0 Å². The van der Waals surface area contributed by atoms with Crippen molar-refractivity contribution >= 4 is 19.1 Å². The Morgan fingerprint density at radius 2 is 0.840 bits per heavy atom. The van der Waals surface area contributed by atoms with Gasteiger partial charge in [0, 0.05) is 26.2 Å². The zero-order valence-electron chi connectivity index (χ0n) is 17.7. The van der Waals surface area contributed by atoms with Crippen LogP contribution in [0, 0.1) is 0 Å².